The first kappa shape index (κ1) is 19.6. The molecule has 1 aliphatic rings. The Morgan fingerprint density at radius 2 is 1.72 bits per heavy atom. The van der Waals surface area contributed by atoms with Crippen molar-refractivity contribution in [2.75, 3.05) is 27.8 Å². The molecular weight excluding hydrogens is 378 g/mol. The average molecular weight is 404 g/mol. The molecule has 4 rings (SSSR count). The third-order valence-electron chi connectivity index (χ3n) is 5.42. The topological polar surface area (TPSA) is 21.7 Å². The smallest absolute Gasteiger partial charge is 0.161 e. The first-order valence-corrected chi connectivity index (χ1v) is 10.6. The predicted octanol–water partition coefficient (Wildman–Crippen LogP) is 5.32. The number of thiophene rings is 1. The monoisotopic (exact) mass is 403 g/mol. The Kier molecular flexibility index (Phi) is 5.62. The number of ether oxygens (including phenoxy) is 2. The number of benzene rings is 2. The first-order chi connectivity index (χ1) is 14.1. The molecule has 0 radical (unpaired) electrons. The maximum atomic E-state index is 5.57. The second-order valence-electron chi connectivity index (χ2n) is 7.33. The Bertz CT molecular complexity index is 1070. The van der Waals surface area contributed by atoms with Crippen LogP contribution in [0.3, 0.4) is 0 Å². The highest BCUT2D eigenvalue weighted by molar-refractivity contribution is 7.10. The fourth-order valence-electron chi connectivity index (χ4n) is 3.72. The summed E-state index contributed by atoms with van der Waals surface area (Å²) in [5.74, 6) is 8.46. The molecule has 2 heterocycles. The molecule has 0 amide bonds. The van der Waals surface area contributed by atoms with Gasteiger partial charge >= 0.3 is 0 Å². The molecule has 0 aliphatic carbocycles. The van der Waals surface area contributed by atoms with Gasteiger partial charge < -0.3 is 9.47 Å². The van der Waals surface area contributed by atoms with Crippen LogP contribution < -0.4 is 9.47 Å². The van der Waals surface area contributed by atoms with Gasteiger partial charge in [0.2, 0.25) is 0 Å². The van der Waals surface area contributed by atoms with E-state index in [-0.39, 0.29) is 6.04 Å². The summed E-state index contributed by atoms with van der Waals surface area (Å²) in [6, 6.07) is 14.9. The maximum Gasteiger partial charge on any atom is 0.161 e. The second kappa shape index (κ2) is 8.32. The van der Waals surface area contributed by atoms with Crippen molar-refractivity contribution in [3.05, 3.63) is 69.4 Å². The minimum atomic E-state index is 0.0625. The Morgan fingerprint density at radius 1 is 1.00 bits per heavy atom. The molecular formula is C25H25NO2S. The van der Waals surface area contributed by atoms with E-state index < -0.39 is 0 Å². The molecule has 0 N–H and O–H groups in total. The first-order valence-electron chi connectivity index (χ1n) is 9.72. The van der Waals surface area contributed by atoms with Crippen molar-refractivity contribution in [1.82, 2.24) is 4.90 Å². The Morgan fingerprint density at radius 3 is 2.45 bits per heavy atom. The average Bonchev–Trinajstić information content (AvgIpc) is 3.21. The molecule has 0 fully saturated rings. The number of hydrogen-bond acceptors (Lipinski definition) is 4. The SMILES string of the molecule is COc1cc2c(cc1OC)-c1ccsc1[C@H](C#Cc1ccc(C)cc1)N(C)CC2. The second-order valence-corrected chi connectivity index (χ2v) is 8.28. The van der Waals surface area contributed by atoms with E-state index in [0.717, 1.165) is 30.0 Å². The standard InChI is InChI=1S/C25H25NO2S/c1-17-5-7-18(8-6-17)9-10-22-25-20(12-14-29-25)21-16-24(28-4)23(27-3)15-19(21)11-13-26(22)2/h5-8,12,14-16,22H,11,13H2,1-4H3/t22-/m0/s1. The van der Waals surface area contributed by atoms with Crippen molar-refractivity contribution in [1.29, 1.82) is 0 Å². The zero-order valence-electron chi connectivity index (χ0n) is 17.3. The van der Waals surface area contributed by atoms with Crippen molar-refractivity contribution >= 4 is 11.3 Å². The van der Waals surface area contributed by atoms with Gasteiger partial charge in [-0.1, -0.05) is 29.5 Å². The number of fused-ring (bicyclic) bond motifs is 3. The predicted molar refractivity (Wildman–Crippen MR) is 120 cm³/mol. The molecule has 3 nitrogen and oxygen atoms in total. The number of likely N-dealkylation sites (N-methyl/N-ethyl adjacent to an activating group) is 1. The van der Waals surface area contributed by atoms with Crippen molar-refractivity contribution in [2.24, 2.45) is 0 Å². The van der Waals surface area contributed by atoms with Gasteiger partial charge in [-0.3, -0.25) is 4.90 Å². The highest BCUT2D eigenvalue weighted by atomic mass is 32.1. The molecule has 0 spiro atoms. The van der Waals surface area contributed by atoms with Crippen LogP contribution in [0.4, 0.5) is 0 Å². The maximum absolute atomic E-state index is 5.57. The molecule has 0 saturated carbocycles. The highest BCUT2D eigenvalue weighted by Crippen LogP contribution is 2.42. The molecule has 0 unspecified atom stereocenters. The Hall–Kier alpha value is -2.74. The number of rotatable bonds is 2. The van der Waals surface area contributed by atoms with Crippen molar-refractivity contribution < 1.29 is 9.47 Å². The summed E-state index contributed by atoms with van der Waals surface area (Å²) in [4.78, 5) is 3.62. The molecule has 3 aromatic rings. The van der Waals surface area contributed by atoms with Crippen molar-refractivity contribution in [2.45, 2.75) is 19.4 Å². The minimum absolute atomic E-state index is 0.0625. The van der Waals surface area contributed by atoms with Gasteiger partial charge in [0.15, 0.2) is 11.5 Å². The van der Waals surface area contributed by atoms with Crippen molar-refractivity contribution in [3.8, 4) is 34.5 Å². The van der Waals surface area contributed by atoms with Gasteiger partial charge in [0.25, 0.3) is 0 Å². The van der Waals surface area contributed by atoms with Crippen LogP contribution in [0.2, 0.25) is 0 Å². The fourth-order valence-corrected chi connectivity index (χ4v) is 4.75. The molecule has 0 saturated heterocycles. The minimum Gasteiger partial charge on any atom is -0.493 e. The fraction of sp³-hybridized carbons (Fsp3) is 0.280. The Labute approximate surface area is 176 Å². The normalized spacial score (nSPS) is 15.9. The molecule has 1 aromatic heterocycles. The summed E-state index contributed by atoms with van der Waals surface area (Å²) in [5.41, 5.74) is 6.03. The lowest BCUT2D eigenvalue weighted by Crippen LogP contribution is -2.27. The van der Waals surface area contributed by atoms with Gasteiger partial charge in [-0.15, -0.1) is 11.3 Å². The zero-order valence-corrected chi connectivity index (χ0v) is 18.1. The van der Waals surface area contributed by atoms with Crippen LogP contribution in [0.5, 0.6) is 11.5 Å². The lowest BCUT2D eigenvalue weighted by molar-refractivity contribution is 0.299. The lowest BCUT2D eigenvalue weighted by atomic mass is 9.93. The van der Waals surface area contributed by atoms with Crippen LogP contribution >= 0.6 is 11.3 Å². The van der Waals surface area contributed by atoms with Gasteiger partial charge in [0.1, 0.15) is 6.04 Å². The van der Waals surface area contributed by atoms with Gasteiger partial charge in [-0.25, -0.2) is 0 Å². The summed E-state index contributed by atoms with van der Waals surface area (Å²) < 4.78 is 11.1. The van der Waals surface area contributed by atoms with Gasteiger partial charge in [0, 0.05) is 17.0 Å². The van der Waals surface area contributed by atoms with Gasteiger partial charge in [0.05, 0.1) is 14.2 Å². The van der Waals surface area contributed by atoms with Gasteiger partial charge in [-0.05, 0) is 72.8 Å². The van der Waals surface area contributed by atoms with Crippen LogP contribution in [-0.4, -0.2) is 32.7 Å². The van der Waals surface area contributed by atoms with Crippen LogP contribution in [0, 0.1) is 18.8 Å². The molecule has 0 bridgehead atoms. The van der Waals surface area contributed by atoms with E-state index in [9.17, 15) is 0 Å². The summed E-state index contributed by atoms with van der Waals surface area (Å²) in [6.45, 7) is 3.02. The van der Waals surface area contributed by atoms with E-state index in [2.05, 4.69) is 78.6 Å². The molecule has 2 aromatic carbocycles. The molecule has 29 heavy (non-hydrogen) atoms. The molecule has 1 atom stereocenters. The third-order valence-corrected chi connectivity index (χ3v) is 6.39. The van der Waals surface area contributed by atoms with Crippen LogP contribution in [0.15, 0.2) is 47.8 Å². The van der Waals surface area contributed by atoms with Crippen LogP contribution in [0.1, 0.15) is 27.6 Å². The van der Waals surface area contributed by atoms with Crippen LogP contribution in [0.25, 0.3) is 11.1 Å². The number of nitrogens with zero attached hydrogens (tertiary/aromatic N) is 1. The quantitative estimate of drug-likeness (QED) is 0.541. The van der Waals surface area contributed by atoms with E-state index in [1.54, 1.807) is 25.6 Å². The zero-order chi connectivity index (χ0) is 20.4. The van der Waals surface area contributed by atoms with E-state index >= 15 is 0 Å². The number of hydrogen-bond donors (Lipinski definition) is 0. The Balaban J connectivity index is 1.80. The summed E-state index contributed by atoms with van der Waals surface area (Å²) in [7, 11) is 5.53. The number of methoxy groups -OCH3 is 2. The van der Waals surface area contributed by atoms with E-state index in [1.807, 2.05) is 0 Å². The van der Waals surface area contributed by atoms with E-state index in [0.29, 0.717) is 0 Å². The summed E-state index contributed by atoms with van der Waals surface area (Å²) in [6.07, 6.45) is 0.935. The molecule has 4 heteroatoms. The van der Waals surface area contributed by atoms with Gasteiger partial charge in [-0.2, -0.15) is 0 Å². The largest absolute Gasteiger partial charge is 0.493 e. The van der Waals surface area contributed by atoms with E-state index in [1.165, 1.54) is 27.1 Å². The third kappa shape index (κ3) is 3.89. The van der Waals surface area contributed by atoms with Crippen LogP contribution in [-0.2, 0) is 6.42 Å². The number of aryl methyl sites for hydroxylation is 1. The molecule has 148 valence electrons. The highest BCUT2D eigenvalue weighted by Gasteiger charge is 2.25. The summed E-state index contributed by atoms with van der Waals surface area (Å²) >= 11 is 1.77. The lowest BCUT2D eigenvalue weighted by Gasteiger charge is -2.28. The van der Waals surface area contributed by atoms with E-state index in [4.69, 9.17) is 9.47 Å². The van der Waals surface area contributed by atoms with Crippen molar-refractivity contribution in [3.63, 3.8) is 0 Å². The molecule has 1 aliphatic heterocycles. The summed E-state index contributed by atoms with van der Waals surface area (Å²) in [5, 5.41) is 2.16.